The van der Waals surface area contributed by atoms with Crippen molar-refractivity contribution in [3.63, 3.8) is 0 Å². The Labute approximate surface area is 171 Å². The van der Waals surface area contributed by atoms with Gasteiger partial charge in [0.15, 0.2) is 11.5 Å². The van der Waals surface area contributed by atoms with Crippen molar-refractivity contribution in [3.05, 3.63) is 72.1 Å². The number of pyridine rings is 1. The molecule has 0 spiro atoms. The monoisotopic (exact) mass is 394 g/mol. The summed E-state index contributed by atoms with van der Waals surface area (Å²) < 4.78 is 10.4. The Morgan fingerprint density at radius 3 is 2.55 bits per heavy atom. The van der Waals surface area contributed by atoms with Crippen LogP contribution in [0.2, 0.25) is 0 Å². The van der Waals surface area contributed by atoms with E-state index in [1.54, 1.807) is 37.6 Å². The number of nitrogens with zero attached hydrogens (tertiary/aromatic N) is 1. The fourth-order valence-corrected chi connectivity index (χ4v) is 2.85. The van der Waals surface area contributed by atoms with E-state index in [2.05, 4.69) is 10.3 Å². The molecular formula is C23H26N2O4. The summed E-state index contributed by atoms with van der Waals surface area (Å²) in [6.45, 7) is 1.91. The fraction of sp³-hybridized carbons (Fsp3) is 0.217. The molecule has 0 saturated carbocycles. The van der Waals surface area contributed by atoms with Gasteiger partial charge in [-0.05, 0) is 48.4 Å². The lowest BCUT2D eigenvalue weighted by molar-refractivity contribution is 0.0939. The minimum absolute atomic E-state index is 0. The number of phenols is 1. The quantitative estimate of drug-likeness (QED) is 0.639. The van der Waals surface area contributed by atoms with Gasteiger partial charge in [-0.15, -0.1) is 0 Å². The highest BCUT2D eigenvalue weighted by Crippen LogP contribution is 2.31. The van der Waals surface area contributed by atoms with E-state index in [0.29, 0.717) is 11.3 Å². The summed E-state index contributed by atoms with van der Waals surface area (Å²) in [6.07, 6.45) is 3.18. The lowest BCUT2D eigenvalue weighted by Gasteiger charge is -2.15. The van der Waals surface area contributed by atoms with Crippen molar-refractivity contribution in [2.75, 3.05) is 14.2 Å². The van der Waals surface area contributed by atoms with Crippen LogP contribution in [0.4, 0.5) is 0 Å². The molecule has 0 aliphatic rings. The topological polar surface area (TPSA) is 80.7 Å². The van der Waals surface area contributed by atoms with E-state index in [9.17, 15) is 9.90 Å². The average molecular weight is 394 g/mol. The molecule has 1 amide bonds. The molecule has 6 heteroatoms. The molecule has 3 rings (SSSR count). The number of aromatic hydroxyl groups is 1. The van der Waals surface area contributed by atoms with Gasteiger partial charge in [0, 0.05) is 18.0 Å². The van der Waals surface area contributed by atoms with Gasteiger partial charge in [0.2, 0.25) is 0 Å². The molecule has 2 aromatic carbocycles. The minimum Gasteiger partial charge on any atom is -0.504 e. The molecule has 0 unspecified atom stereocenters. The maximum atomic E-state index is 12.7. The molecule has 1 atom stereocenters. The molecule has 0 aliphatic carbocycles. The molecule has 0 fully saturated rings. The summed E-state index contributed by atoms with van der Waals surface area (Å²) >= 11 is 0. The normalized spacial score (nSPS) is 11.1. The second kappa shape index (κ2) is 9.59. The van der Waals surface area contributed by atoms with Crippen LogP contribution >= 0.6 is 0 Å². The first-order valence-electron chi connectivity index (χ1n) is 8.79. The first kappa shape index (κ1) is 21.8. The van der Waals surface area contributed by atoms with E-state index in [1.807, 2.05) is 31.2 Å². The summed E-state index contributed by atoms with van der Waals surface area (Å²) in [5, 5.41) is 12.7. The molecule has 0 radical (unpaired) electrons. The number of carbonyl (C=O) groups is 1. The van der Waals surface area contributed by atoms with Crippen LogP contribution in [-0.2, 0) is 0 Å². The molecule has 152 valence electrons. The Kier molecular flexibility index (Phi) is 7.20. The Balaban J connectivity index is 0.00000300. The number of rotatable bonds is 6. The van der Waals surface area contributed by atoms with E-state index >= 15 is 0 Å². The molecule has 3 aromatic rings. The molecule has 6 nitrogen and oxygen atoms in total. The van der Waals surface area contributed by atoms with Crippen LogP contribution in [0, 0.1) is 0 Å². The number of benzene rings is 2. The molecular weight excluding hydrogens is 368 g/mol. The van der Waals surface area contributed by atoms with Crippen molar-refractivity contribution in [1.82, 2.24) is 10.3 Å². The first-order chi connectivity index (χ1) is 13.5. The summed E-state index contributed by atoms with van der Waals surface area (Å²) in [5.41, 5.74) is 2.93. The fourth-order valence-electron chi connectivity index (χ4n) is 2.85. The van der Waals surface area contributed by atoms with Crippen molar-refractivity contribution < 1.29 is 19.4 Å². The van der Waals surface area contributed by atoms with Crippen LogP contribution in [0.25, 0.3) is 11.1 Å². The maximum Gasteiger partial charge on any atom is 0.253 e. The van der Waals surface area contributed by atoms with Gasteiger partial charge in [0.05, 0.1) is 25.8 Å². The zero-order valence-corrected chi connectivity index (χ0v) is 16.0. The van der Waals surface area contributed by atoms with Gasteiger partial charge in [0.25, 0.3) is 5.91 Å². The van der Waals surface area contributed by atoms with E-state index < -0.39 is 0 Å². The van der Waals surface area contributed by atoms with Crippen LogP contribution in [0.3, 0.4) is 0 Å². The van der Waals surface area contributed by atoms with Gasteiger partial charge >= 0.3 is 0 Å². The first-order valence-corrected chi connectivity index (χ1v) is 8.79. The highest BCUT2D eigenvalue weighted by Gasteiger charge is 2.14. The molecule has 0 bridgehead atoms. The molecule has 2 N–H and O–H groups in total. The third-order valence-corrected chi connectivity index (χ3v) is 4.45. The predicted molar refractivity (Wildman–Crippen MR) is 113 cm³/mol. The summed E-state index contributed by atoms with van der Waals surface area (Å²) in [7, 11) is 3.10. The lowest BCUT2D eigenvalue weighted by atomic mass is 10.0. The smallest absolute Gasteiger partial charge is 0.253 e. The number of phenolic OH excluding ortho intramolecular Hbond substituents is 1. The number of aromatic nitrogens is 1. The van der Waals surface area contributed by atoms with Gasteiger partial charge < -0.3 is 19.9 Å². The largest absolute Gasteiger partial charge is 0.504 e. The highest BCUT2D eigenvalue weighted by atomic mass is 16.5. The van der Waals surface area contributed by atoms with Crippen molar-refractivity contribution in [1.29, 1.82) is 0 Å². The highest BCUT2D eigenvalue weighted by molar-refractivity contribution is 5.95. The number of carbonyl (C=O) groups excluding carboxylic acids is 1. The van der Waals surface area contributed by atoms with Crippen molar-refractivity contribution in [3.8, 4) is 28.4 Å². The third kappa shape index (κ3) is 5.04. The maximum absolute atomic E-state index is 12.7. The standard InChI is InChI=1S/C22H22N2O4.CH4/c1-14(15-5-4-6-19(10-15)27-2)24-22(26)18-9-17(12-23-13-18)16-7-8-20(25)21(11-16)28-3;/h4-14,25H,1-3H3,(H,24,26);1H4/t14-;/m0./s1. The van der Waals surface area contributed by atoms with Crippen molar-refractivity contribution in [2.45, 2.75) is 20.4 Å². The zero-order valence-electron chi connectivity index (χ0n) is 16.0. The van der Waals surface area contributed by atoms with Gasteiger partial charge in [-0.25, -0.2) is 0 Å². The van der Waals surface area contributed by atoms with E-state index in [0.717, 1.165) is 22.4 Å². The number of ether oxygens (including phenoxy) is 2. The number of hydrogen-bond donors (Lipinski definition) is 2. The van der Waals surface area contributed by atoms with Crippen LogP contribution in [0.15, 0.2) is 60.9 Å². The number of hydrogen-bond acceptors (Lipinski definition) is 5. The third-order valence-electron chi connectivity index (χ3n) is 4.45. The van der Waals surface area contributed by atoms with Gasteiger partial charge in [-0.3, -0.25) is 9.78 Å². The van der Waals surface area contributed by atoms with Crippen molar-refractivity contribution >= 4 is 5.91 Å². The van der Waals surface area contributed by atoms with Gasteiger partial charge in [0.1, 0.15) is 5.75 Å². The van der Waals surface area contributed by atoms with Gasteiger partial charge in [-0.2, -0.15) is 0 Å². The van der Waals surface area contributed by atoms with E-state index in [-0.39, 0.29) is 25.1 Å². The SMILES string of the molecule is C.COc1cccc([C@H](C)NC(=O)c2cncc(-c3ccc(O)c(OC)c3)c2)c1. The Morgan fingerprint density at radius 1 is 1.03 bits per heavy atom. The Hall–Kier alpha value is -3.54. The van der Waals surface area contributed by atoms with Gasteiger partial charge in [-0.1, -0.05) is 25.6 Å². The molecule has 1 heterocycles. The van der Waals surface area contributed by atoms with Crippen LogP contribution in [-0.4, -0.2) is 30.2 Å². The zero-order chi connectivity index (χ0) is 20.1. The predicted octanol–water partition coefficient (Wildman–Crippen LogP) is 4.60. The lowest BCUT2D eigenvalue weighted by Crippen LogP contribution is -2.26. The van der Waals surface area contributed by atoms with E-state index in [1.165, 1.54) is 13.3 Å². The van der Waals surface area contributed by atoms with Crippen LogP contribution in [0.5, 0.6) is 17.2 Å². The Morgan fingerprint density at radius 2 is 1.83 bits per heavy atom. The number of methoxy groups -OCH3 is 2. The molecule has 29 heavy (non-hydrogen) atoms. The van der Waals surface area contributed by atoms with Crippen LogP contribution < -0.4 is 14.8 Å². The summed E-state index contributed by atoms with van der Waals surface area (Å²) in [4.78, 5) is 16.9. The van der Waals surface area contributed by atoms with Crippen LogP contribution in [0.1, 0.15) is 36.3 Å². The minimum atomic E-state index is -0.226. The Bertz CT molecular complexity index is 988. The molecule has 0 saturated heterocycles. The number of amides is 1. The van der Waals surface area contributed by atoms with E-state index in [4.69, 9.17) is 9.47 Å². The average Bonchev–Trinajstić information content (AvgIpc) is 2.74. The number of nitrogens with one attached hydrogen (secondary N) is 1. The second-order valence-electron chi connectivity index (χ2n) is 6.32. The molecule has 0 aliphatic heterocycles. The second-order valence-corrected chi connectivity index (χ2v) is 6.32. The summed E-state index contributed by atoms with van der Waals surface area (Å²) in [5.74, 6) is 0.929. The summed E-state index contributed by atoms with van der Waals surface area (Å²) in [6, 6.07) is 14.1. The molecule has 1 aromatic heterocycles. The van der Waals surface area contributed by atoms with Crippen molar-refractivity contribution in [2.24, 2.45) is 0 Å².